The van der Waals surface area contributed by atoms with Crippen molar-refractivity contribution in [1.82, 2.24) is 9.97 Å². The fourth-order valence-corrected chi connectivity index (χ4v) is 4.16. The Morgan fingerprint density at radius 3 is 2.32 bits per heavy atom. The zero-order valence-corrected chi connectivity index (χ0v) is 14.7. The summed E-state index contributed by atoms with van der Waals surface area (Å²) < 4.78 is 11.9. The molecular weight excluding hydrogens is 332 g/mol. The molecule has 4 aromatic rings. The van der Waals surface area contributed by atoms with Crippen molar-refractivity contribution in [1.29, 1.82) is 0 Å². The highest BCUT2D eigenvalue weighted by atomic mass is 32.1. The first-order valence-electron chi connectivity index (χ1n) is 7.83. The summed E-state index contributed by atoms with van der Waals surface area (Å²) in [6.07, 6.45) is 3.61. The van der Waals surface area contributed by atoms with E-state index < -0.39 is 0 Å². The highest BCUT2D eigenvalue weighted by Gasteiger charge is 2.18. The Bertz CT molecular complexity index is 1030. The average Bonchev–Trinajstić information content (AvgIpc) is 3.07. The zero-order valence-electron chi connectivity index (χ0n) is 13.9. The summed E-state index contributed by atoms with van der Waals surface area (Å²) in [5.74, 6) is 0.852. The lowest BCUT2D eigenvalue weighted by Crippen LogP contribution is -1.92. The molecular formula is C20H16N2O2S. The van der Waals surface area contributed by atoms with E-state index in [0.29, 0.717) is 6.01 Å². The Hall–Kier alpha value is -2.92. The number of nitrogens with zero attached hydrogens (tertiary/aromatic N) is 2. The maximum atomic E-state index is 5.58. The number of benzene rings is 2. The largest absolute Gasteiger partial charge is 0.496 e. The number of fused-ring (bicyclic) bond motifs is 1. The van der Waals surface area contributed by atoms with Crippen LogP contribution in [0.3, 0.4) is 0 Å². The third-order valence-corrected chi connectivity index (χ3v) is 5.25. The van der Waals surface area contributed by atoms with Gasteiger partial charge >= 0.3 is 6.01 Å². The van der Waals surface area contributed by atoms with Crippen LogP contribution in [0.15, 0.2) is 60.9 Å². The third-order valence-electron chi connectivity index (χ3n) is 4.05. The zero-order chi connectivity index (χ0) is 17.2. The van der Waals surface area contributed by atoms with Crippen LogP contribution >= 0.6 is 11.3 Å². The number of thiophene rings is 1. The van der Waals surface area contributed by atoms with Crippen LogP contribution in [0.1, 0.15) is 0 Å². The van der Waals surface area contributed by atoms with Crippen molar-refractivity contribution >= 4 is 21.4 Å². The summed E-state index contributed by atoms with van der Waals surface area (Å²) in [6, 6.07) is 16.8. The van der Waals surface area contributed by atoms with Gasteiger partial charge < -0.3 is 9.47 Å². The molecule has 124 valence electrons. The van der Waals surface area contributed by atoms with Crippen LogP contribution < -0.4 is 9.47 Å². The third kappa shape index (κ3) is 2.72. The van der Waals surface area contributed by atoms with E-state index in [9.17, 15) is 0 Å². The van der Waals surface area contributed by atoms with Gasteiger partial charge in [0.05, 0.1) is 14.2 Å². The van der Waals surface area contributed by atoms with Gasteiger partial charge in [-0.1, -0.05) is 30.3 Å². The van der Waals surface area contributed by atoms with Gasteiger partial charge in [-0.05, 0) is 18.2 Å². The standard InChI is InChI=1S/C20H16N2O2S/c1-23-16-9-5-3-7-14(16)19-18(13-11-21-20(24-2)22-12-13)15-8-4-6-10-17(15)25-19/h3-12H,1-2H3. The number of hydrogen-bond donors (Lipinski definition) is 0. The highest BCUT2D eigenvalue weighted by Crippen LogP contribution is 2.46. The number of hydrogen-bond acceptors (Lipinski definition) is 5. The van der Waals surface area contributed by atoms with E-state index in [-0.39, 0.29) is 0 Å². The second-order valence-corrected chi connectivity index (χ2v) is 6.51. The highest BCUT2D eigenvalue weighted by molar-refractivity contribution is 7.23. The van der Waals surface area contributed by atoms with Gasteiger partial charge in [-0.15, -0.1) is 11.3 Å². The van der Waals surface area contributed by atoms with Crippen LogP contribution in [0, 0.1) is 0 Å². The second-order valence-electron chi connectivity index (χ2n) is 5.46. The van der Waals surface area contributed by atoms with E-state index in [4.69, 9.17) is 9.47 Å². The first kappa shape index (κ1) is 15.6. The predicted molar refractivity (Wildman–Crippen MR) is 101 cm³/mol. The Kier molecular flexibility index (Phi) is 4.07. The number of para-hydroxylation sites is 1. The van der Waals surface area contributed by atoms with Gasteiger partial charge in [0, 0.05) is 44.0 Å². The molecule has 4 rings (SSSR count). The molecule has 0 saturated carbocycles. The Morgan fingerprint density at radius 2 is 1.56 bits per heavy atom. The molecule has 0 aliphatic carbocycles. The Morgan fingerprint density at radius 1 is 0.840 bits per heavy atom. The summed E-state index contributed by atoms with van der Waals surface area (Å²) in [5, 5.41) is 1.18. The summed E-state index contributed by atoms with van der Waals surface area (Å²) in [5.41, 5.74) is 3.14. The smallest absolute Gasteiger partial charge is 0.316 e. The van der Waals surface area contributed by atoms with Crippen molar-refractivity contribution in [3.8, 4) is 33.3 Å². The molecule has 0 spiro atoms. The first-order valence-corrected chi connectivity index (χ1v) is 8.65. The van der Waals surface area contributed by atoms with Crippen LogP contribution in [-0.4, -0.2) is 24.2 Å². The molecule has 0 atom stereocenters. The lowest BCUT2D eigenvalue weighted by atomic mass is 10.0. The molecule has 2 aromatic heterocycles. The summed E-state index contributed by atoms with van der Waals surface area (Å²) in [6.45, 7) is 0. The molecule has 25 heavy (non-hydrogen) atoms. The maximum Gasteiger partial charge on any atom is 0.316 e. The molecule has 0 N–H and O–H groups in total. The molecule has 2 aromatic carbocycles. The molecule has 0 bridgehead atoms. The van der Waals surface area contributed by atoms with Crippen molar-refractivity contribution < 1.29 is 9.47 Å². The molecule has 0 unspecified atom stereocenters. The first-order chi connectivity index (χ1) is 12.3. The van der Waals surface area contributed by atoms with Crippen molar-refractivity contribution in [2.45, 2.75) is 0 Å². The van der Waals surface area contributed by atoms with Gasteiger partial charge in [-0.2, -0.15) is 0 Å². The van der Waals surface area contributed by atoms with Crippen molar-refractivity contribution in [2.75, 3.05) is 14.2 Å². The SMILES string of the molecule is COc1ncc(-c2c(-c3ccccc3OC)sc3ccccc23)cn1. The van der Waals surface area contributed by atoms with Crippen LogP contribution in [-0.2, 0) is 0 Å². The molecule has 0 saturated heterocycles. The molecule has 2 heterocycles. The Balaban J connectivity index is 2.01. The lowest BCUT2D eigenvalue weighted by molar-refractivity contribution is 0.380. The molecule has 0 amide bonds. The minimum Gasteiger partial charge on any atom is -0.496 e. The van der Waals surface area contributed by atoms with E-state index in [2.05, 4.69) is 40.3 Å². The van der Waals surface area contributed by atoms with Crippen molar-refractivity contribution in [3.63, 3.8) is 0 Å². The molecule has 0 aliphatic rings. The van der Waals surface area contributed by atoms with Gasteiger partial charge in [0.2, 0.25) is 0 Å². The molecule has 0 aliphatic heterocycles. The fraction of sp³-hybridized carbons (Fsp3) is 0.100. The summed E-state index contributed by atoms with van der Waals surface area (Å²) in [7, 11) is 3.26. The average molecular weight is 348 g/mol. The minimum absolute atomic E-state index is 0.363. The molecule has 0 fully saturated rings. The molecule has 5 heteroatoms. The topological polar surface area (TPSA) is 44.2 Å². The number of aromatic nitrogens is 2. The van der Waals surface area contributed by atoms with E-state index >= 15 is 0 Å². The number of ether oxygens (including phenoxy) is 2. The monoisotopic (exact) mass is 348 g/mol. The van der Waals surface area contributed by atoms with Crippen LogP contribution in [0.5, 0.6) is 11.8 Å². The second kappa shape index (κ2) is 6.53. The van der Waals surface area contributed by atoms with E-state index in [0.717, 1.165) is 27.3 Å². The van der Waals surface area contributed by atoms with Gasteiger partial charge in [0.1, 0.15) is 5.75 Å². The minimum atomic E-state index is 0.363. The van der Waals surface area contributed by atoms with E-state index in [1.54, 1.807) is 38.0 Å². The van der Waals surface area contributed by atoms with Crippen LogP contribution in [0.4, 0.5) is 0 Å². The van der Waals surface area contributed by atoms with Crippen molar-refractivity contribution in [2.24, 2.45) is 0 Å². The normalized spacial score (nSPS) is 10.8. The quantitative estimate of drug-likeness (QED) is 0.518. The van der Waals surface area contributed by atoms with Gasteiger partial charge in [-0.3, -0.25) is 0 Å². The van der Waals surface area contributed by atoms with E-state index in [1.165, 1.54) is 10.1 Å². The maximum absolute atomic E-state index is 5.58. The molecule has 4 nitrogen and oxygen atoms in total. The molecule has 0 radical (unpaired) electrons. The van der Waals surface area contributed by atoms with Gasteiger partial charge in [0.15, 0.2) is 0 Å². The summed E-state index contributed by atoms with van der Waals surface area (Å²) >= 11 is 1.74. The van der Waals surface area contributed by atoms with Gasteiger partial charge in [0.25, 0.3) is 0 Å². The van der Waals surface area contributed by atoms with E-state index in [1.807, 2.05) is 18.2 Å². The summed E-state index contributed by atoms with van der Waals surface area (Å²) in [4.78, 5) is 9.70. The van der Waals surface area contributed by atoms with Gasteiger partial charge in [-0.25, -0.2) is 9.97 Å². The van der Waals surface area contributed by atoms with Crippen molar-refractivity contribution in [3.05, 3.63) is 60.9 Å². The van der Waals surface area contributed by atoms with Crippen LogP contribution in [0.2, 0.25) is 0 Å². The lowest BCUT2D eigenvalue weighted by Gasteiger charge is -2.09. The number of methoxy groups -OCH3 is 2. The van der Waals surface area contributed by atoms with Crippen LogP contribution in [0.25, 0.3) is 31.7 Å². The Labute approximate surface area is 149 Å². The predicted octanol–water partition coefficient (Wildman–Crippen LogP) is 5.04. The number of rotatable bonds is 4. The fourth-order valence-electron chi connectivity index (χ4n) is 2.90.